The number of nitrogens with one attached hydrogen (secondary N) is 2. The minimum atomic E-state index is -6.13. The van der Waals surface area contributed by atoms with Crippen LogP contribution in [-0.4, -0.2) is 123 Å². The summed E-state index contributed by atoms with van der Waals surface area (Å²) in [6.45, 7) is -2.46. The first-order chi connectivity index (χ1) is 25.5. The van der Waals surface area contributed by atoms with Crippen molar-refractivity contribution in [3.05, 3.63) is 33.4 Å². The lowest BCUT2D eigenvalue weighted by atomic mass is 10.1. The molecule has 0 radical (unpaired) electrons. The second kappa shape index (κ2) is 14.8. The van der Waals surface area contributed by atoms with Crippen molar-refractivity contribution in [3.63, 3.8) is 0 Å². The first-order valence-corrected chi connectivity index (χ1v) is 20.9. The standard InChI is InChI=1S/C20H29N11O20P4/c21-19-26-13-7(15(35)28-19)24-3-30(13)17-10(33)9(32)5(47-17)1-45-53(39,40)50-55(43,44)51-54(41,42)46-2-6-12(52(37,38)49-23)11(34)18(48-6)31-4-25-8-14(31)27-20(22)29-16(8)36/h3-6,9-12,17-18,32-34H,1-2,23H2,(H,37,38)(H,39,40)(H,41,42)(H,43,44)(H3,21,26,28,35)(H3,22,27,29,36)/t5-,6-,9?,10?,11?,12?,17-,18-/m1/s1. The number of anilines is 2. The molecule has 0 bridgehead atoms. The number of rotatable bonds is 14. The highest BCUT2D eigenvalue weighted by Crippen LogP contribution is 2.68. The van der Waals surface area contributed by atoms with Crippen molar-refractivity contribution < 1.29 is 84.9 Å². The molecule has 55 heavy (non-hydrogen) atoms. The molecular formula is C20H29N11O20P4. The van der Waals surface area contributed by atoms with Crippen molar-refractivity contribution in [2.24, 2.45) is 5.90 Å². The molecule has 2 fully saturated rings. The Morgan fingerprint density at radius 2 is 1.15 bits per heavy atom. The van der Waals surface area contributed by atoms with Gasteiger partial charge in [-0.15, -0.1) is 0 Å². The lowest BCUT2D eigenvalue weighted by Crippen LogP contribution is -2.35. The fraction of sp³-hybridized carbons (Fsp3) is 0.500. The van der Waals surface area contributed by atoms with Gasteiger partial charge in [0.05, 0.1) is 25.9 Å². The topological polar surface area (TPSA) is 480 Å². The quantitative estimate of drug-likeness (QED) is 0.0426. The van der Waals surface area contributed by atoms with E-state index in [9.17, 15) is 62.7 Å². The first-order valence-electron chi connectivity index (χ1n) is 14.7. The Morgan fingerprint density at radius 1 is 0.709 bits per heavy atom. The van der Waals surface area contributed by atoms with Crippen molar-refractivity contribution >= 4 is 65.3 Å². The molecule has 2 aliphatic heterocycles. The minimum absolute atomic E-state index is 0.180. The summed E-state index contributed by atoms with van der Waals surface area (Å²) in [5.74, 6) is 4.19. The molecule has 8 unspecified atom stereocenters. The van der Waals surface area contributed by atoms with Gasteiger partial charge >= 0.3 is 31.1 Å². The Hall–Kier alpha value is -3.38. The van der Waals surface area contributed by atoms with Crippen LogP contribution in [-0.2, 0) is 50.0 Å². The molecule has 0 aromatic carbocycles. The monoisotopic (exact) mass is 867 g/mol. The van der Waals surface area contributed by atoms with E-state index in [2.05, 4.69) is 52.2 Å². The van der Waals surface area contributed by atoms with E-state index in [1.54, 1.807) is 0 Å². The molecule has 6 heterocycles. The molecule has 0 amide bonds. The number of nitrogen functional groups attached to an aromatic ring is 2. The van der Waals surface area contributed by atoms with Crippen LogP contribution in [0.15, 0.2) is 22.2 Å². The van der Waals surface area contributed by atoms with Gasteiger partial charge in [0.2, 0.25) is 11.9 Å². The van der Waals surface area contributed by atoms with E-state index in [1.165, 1.54) is 0 Å². The van der Waals surface area contributed by atoms with Crippen LogP contribution in [0.3, 0.4) is 0 Å². The Morgan fingerprint density at radius 3 is 1.62 bits per heavy atom. The van der Waals surface area contributed by atoms with Gasteiger partial charge in [-0.2, -0.15) is 18.6 Å². The van der Waals surface area contributed by atoms with Gasteiger partial charge in [0, 0.05) is 0 Å². The van der Waals surface area contributed by atoms with Crippen molar-refractivity contribution in [1.82, 2.24) is 39.0 Å². The molecule has 0 aliphatic carbocycles. The fourth-order valence-electron chi connectivity index (χ4n) is 5.58. The zero-order chi connectivity index (χ0) is 40.4. The van der Waals surface area contributed by atoms with Crippen LogP contribution in [0.2, 0.25) is 0 Å². The van der Waals surface area contributed by atoms with E-state index in [0.29, 0.717) is 0 Å². The lowest BCUT2D eigenvalue weighted by molar-refractivity contribution is -0.0505. The highest BCUT2D eigenvalue weighted by atomic mass is 31.3. The molecule has 31 nitrogen and oxygen atoms in total. The summed E-state index contributed by atoms with van der Waals surface area (Å²) in [4.78, 5) is 84.5. The van der Waals surface area contributed by atoms with Crippen LogP contribution in [0.25, 0.3) is 22.3 Å². The number of aliphatic hydroxyl groups excluding tert-OH is 3. The first kappa shape index (κ1) is 41.3. The molecule has 304 valence electrons. The maximum Gasteiger partial charge on any atom is 0.490 e. The second-order valence-electron chi connectivity index (χ2n) is 11.5. The van der Waals surface area contributed by atoms with Gasteiger partial charge in [-0.1, -0.05) is 0 Å². The molecule has 4 aromatic rings. The average molecular weight is 867 g/mol. The van der Waals surface area contributed by atoms with E-state index in [0.717, 1.165) is 21.8 Å². The van der Waals surface area contributed by atoms with E-state index in [4.69, 9.17) is 26.8 Å². The zero-order valence-corrected chi connectivity index (χ0v) is 30.4. The third kappa shape index (κ3) is 8.36. The van der Waals surface area contributed by atoms with Gasteiger partial charge in [0.1, 0.15) is 36.2 Å². The van der Waals surface area contributed by atoms with Gasteiger partial charge in [-0.25, -0.2) is 34.2 Å². The van der Waals surface area contributed by atoms with Crippen molar-refractivity contribution in [2.45, 2.75) is 48.6 Å². The van der Waals surface area contributed by atoms with E-state index in [1.807, 2.05) is 0 Å². The fourth-order valence-corrected chi connectivity index (χ4v) is 10.4. The zero-order valence-electron chi connectivity index (χ0n) is 26.8. The van der Waals surface area contributed by atoms with Gasteiger partial charge in [-0.05, 0) is 0 Å². The predicted octanol–water partition coefficient (Wildman–Crippen LogP) is -3.89. The molecule has 35 heteroatoms. The Kier molecular flexibility index (Phi) is 11.1. The number of fused-ring (bicyclic) bond motifs is 2. The summed E-state index contributed by atoms with van der Waals surface area (Å²) in [7, 11) is -22.9. The van der Waals surface area contributed by atoms with E-state index < -0.39 is 110 Å². The van der Waals surface area contributed by atoms with Gasteiger partial charge in [0.25, 0.3) is 11.1 Å². The molecule has 2 aliphatic rings. The number of nitrogens with two attached hydrogens (primary N) is 3. The second-order valence-corrected chi connectivity index (χ2v) is 18.0. The van der Waals surface area contributed by atoms with Crippen LogP contribution in [0.4, 0.5) is 11.9 Å². The summed E-state index contributed by atoms with van der Waals surface area (Å²) in [5, 5.41) is 31.9. The molecule has 6 rings (SSSR count). The number of aromatic amines is 2. The van der Waals surface area contributed by atoms with E-state index >= 15 is 0 Å². The lowest BCUT2D eigenvalue weighted by Gasteiger charge is -2.24. The van der Waals surface area contributed by atoms with Gasteiger partial charge in [0.15, 0.2) is 34.8 Å². The number of nitrogens with zero attached hydrogens (tertiary/aromatic N) is 6. The molecule has 15 N–H and O–H groups in total. The molecule has 2 saturated heterocycles. The van der Waals surface area contributed by atoms with Crippen LogP contribution >= 0.6 is 31.1 Å². The summed E-state index contributed by atoms with van der Waals surface area (Å²) < 4.78 is 84.6. The minimum Gasteiger partial charge on any atom is -0.387 e. The smallest absolute Gasteiger partial charge is 0.387 e. The SMILES string of the molecule is NOP(=O)(O)C1C(O)[C@H](n2cnc3c(=O)[nH]c(N)nc32)O[C@@H]1COP(=O)(O)OP(=O)(O)OP(=O)(O)OC[C@H]1O[C@@H](n2cnc3c(=O)[nH]c(N)nc32)C(O)C1O. The summed E-state index contributed by atoms with van der Waals surface area (Å²) in [6, 6.07) is 0. The third-order valence-corrected chi connectivity index (χ3v) is 13.8. The number of hydrogen-bond donors (Lipinski definition) is 12. The number of aromatic nitrogens is 8. The van der Waals surface area contributed by atoms with E-state index in [-0.39, 0.29) is 28.3 Å². The maximum absolute atomic E-state index is 12.7. The number of imidazole rings is 2. The highest BCUT2D eigenvalue weighted by molar-refractivity contribution is 7.66. The third-order valence-electron chi connectivity index (χ3n) is 7.87. The number of phosphoric acid groups is 3. The molecule has 12 atom stereocenters. The number of phosphoric ester groups is 2. The van der Waals surface area contributed by atoms with Crippen LogP contribution in [0, 0.1) is 0 Å². The summed E-state index contributed by atoms with van der Waals surface area (Å²) >= 11 is 0. The van der Waals surface area contributed by atoms with Crippen LogP contribution in [0.5, 0.6) is 0 Å². The van der Waals surface area contributed by atoms with Crippen LogP contribution in [0.1, 0.15) is 12.5 Å². The number of hydrogen-bond acceptors (Lipinski definition) is 23. The largest absolute Gasteiger partial charge is 0.490 e. The molecule has 0 saturated carbocycles. The number of ether oxygens (including phenoxy) is 2. The Balaban J connectivity index is 1.09. The maximum atomic E-state index is 12.7. The Labute approximate surface area is 301 Å². The van der Waals surface area contributed by atoms with Crippen molar-refractivity contribution in [1.29, 1.82) is 0 Å². The Bertz CT molecular complexity index is 2420. The van der Waals surface area contributed by atoms with Crippen molar-refractivity contribution in [3.8, 4) is 0 Å². The average Bonchev–Trinajstić information content (AvgIpc) is 3.82. The number of aliphatic hydroxyl groups is 3. The molecule has 4 aromatic heterocycles. The molecule has 0 spiro atoms. The van der Waals surface area contributed by atoms with Crippen LogP contribution < -0.4 is 28.5 Å². The summed E-state index contributed by atoms with van der Waals surface area (Å²) in [5.41, 5.74) is 6.46. The van der Waals surface area contributed by atoms with Crippen molar-refractivity contribution in [2.75, 3.05) is 24.7 Å². The van der Waals surface area contributed by atoms with Gasteiger partial charge < -0.3 is 55.8 Å². The van der Waals surface area contributed by atoms with Gasteiger partial charge in [-0.3, -0.25) is 42.3 Å². The number of H-pyrrole nitrogens is 2. The summed E-state index contributed by atoms with van der Waals surface area (Å²) in [6.07, 6.45) is -10.7. The normalized spacial score (nSPS) is 30.3. The molecular weight excluding hydrogens is 838 g/mol. The highest BCUT2D eigenvalue weighted by Gasteiger charge is 2.56. The predicted molar refractivity (Wildman–Crippen MR) is 173 cm³/mol.